The van der Waals surface area contributed by atoms with E-state index >= 15 is 0 Å². The van der Waals surface area contributed by atoms with E-state index in [9.17, 15) is 9.59 Å². The molecule has 0 spiro atoms. The molecule has 1 unspecified atom stereocenters. The van der Waals surface area contributed by atoms with Crippen LogP contribution in [0.15, 0.2) is 0 Å². The Balaban J connectivity index is 4.76. The summed E-state index contributed by atoms with van der Waals surface area (Å²) >= 11 is 0. The third kappa shape index (κ3) is 2.78. The molecule has 8 nitrogen and oxygen atoms in total. The van der Waals surface area contributed by atoms with Crippen molar-refractivity contribution >= 4 is 12.1 Å². The van der Waals surface area contributed by atoms with E-state index < -0.39 is 36.8 Å². The molecular formula is C7H13NO7. The Morgan fingerprint density at radius 1 is 1.40 bits per heavy atom. The van der Waals surface area contributed by atoms with E-state index in [4.69, 9.17) is 20.5 Å². The molecule has 1 atom stereocenters. The van der Waals surface area contributed by atoms with Gasteiger partial charge in [-0.3, -0.25) is 10.0 Å². The number of rotatable bonds is 5. The molecule has 0 aliphatic rings. The summed E-state index contributed by atoms with van der Waals surface area (Å²) in [6.45, 7) is -0.632. The van der Waals surface area contributed by atoms with Crippen LogP contribution in [0.5, 0.6) is 0 Å². The van der Waals surface area contributed by atoms with Crippen LogP contribution in [0.4, 0.5) is 4.79 Å². The number of amides is 1. The van der Waals surface area contributed by atoms with Crippen molar-refractivity contribution < 1.29 is 34.9 Å². The summed E-state index contributed by atoms with van der Waals surface area (Å²) in [4.78, 5) is 21.4. The third-order valence-electron chi connectivity index (χ3n) is 2.14. The number of hydrogen-bond donors (Lipinski definition) is 5. The number of aliphatic carboxylic acids is 1. The molecule has 0 aromatic rings. The van der Waals surface area contributed by atoms with Crippen LogP contribution in [0.1, 0.15) is 6.92 Å². The number of carbonyl (C=O) groups is 2. The Labute approximate surface area is 85.0 Å². The molecule has 0 aromatic carbocycles. The average Bonchev–Trinajstić information content (AvgIpc) is 2.19. The molecule has 0 aliphatic heterocycles. The maximum atomic E-state index is 10.8. The predicted molar refractivity (Wildman–Crippen MR) is 45.1 cm³/mol. The van der Waals surface area contributed by atoms with Gasteiger partial charge in [0, 0.05) is 0 Å². The monoisotopic (exact) mass is 223 g/mol. The van der Waals surface area contributed by atoms with Crippen molar-refractivity contribution in [1.29, 1.82) is 0 Å². The van der Waals surface area contributed by atoms with Gasteiger partial charge in [-0.05, 0) is 6.92 Å². The van der Waals surface area contributed by atoms with Gasteiger partial charge < -0.3 is 20.1 Å². The first-order valence-electron chi connectivity index (χ1n) is 4.00. The number of hydrogen-bond acceptors (Lipinski definition) is 6. The molecule has 88 valence electrons. The number of carboxylic acid groups (broad SMARTS) is 1. The van der Waals surface area contributed by atoms with Crippen molar-refractivity contribution in [3.05, 3.63) is 0 Å². The van der Waals surface area contributed by atoms with Crippen molar-refractivity contribution in [3.63, 3.8) is 0 Å². The Bertz CT molecular complexity index is 237. The molecule has 0 aromatic heterocycles. The number of ether oxygens (including phenoxy) is 1. The first kappa shape index (κ1) is 13.6. The van der Waals surface area contributed by atoms with E-state index in [2.05, 4.69) is 4.74 Å². The van der Waals surface area contributed by atoms with Crippen molar-refractivity contribution in [2.45, 2.75) is 13.0 Å². The lowest BCUT2D eigenvalue weighted by Crippen LogP contribution is -2.49. The van der Waals surface area contributed by atoms with Crippen LogP contribution in [0.3, 0.4) is 0 Å². The Morgan fingerprint density at radius 3 is 2.13 bits per heavy atom. The molecule has 0 radical (unpaired) electrons. The number of carbonyl (C=O) groups excluding carboxylic acids is 1. The summed E-state index contributed by atoms with van der Waals surface area (Å²) in [5.41, 5.74) is -0.856. The van der Waals surface area contributed by atoms with Crippen molar-refractivity contribution in [2.24, 2.45) is 5.41 Å². The van der Waals surface area contributed by atoms with Crippen molar-refractivity contribution in [2.75, 3.05) is 13.2 Å². The molecule has 1 amide bonds. The highest BCUT2D eigenvalue weighted by molar-refractivity contribution is 5.76. The minimum absolute atomic E-state index is 0.904. The fraction of sp³-hybridized carbons (Fsp3) is 0.714. The van der Waals surface area contributed by atoms with Crippen molar-refractivity contribution in [1.82, 2.24) is 5.48 Å². The zero-order valence-electron chi connectivity index (χ0n) is 8.01. The molecule has 0 saturated heterocycles. The first-order valence-corrected chi connectivity index (χ1v) is 4.00. The highest BCUT2D eigenvalue weighted by Gasteiger charge is 2.45. The van der Waals surface area contributed by atoms with Gasteiger partial charge in [0.25, 0.3) is 0 Å². The smallest absolute Gasteiger partial charge is 0.431 e. The summed E-state index contributed by atoms with van der Waals surface area (Å²) in [5.74, 6) is -1.51. The lowest BCUT2D eigenvalue weighted by Gasteiger charge is -2.30. The Morgan fingerprint density at radius 2 is 1.87 bits per heavy atom. The van der Waals surface area contributed by atoms with Gasteiger partial charge in [-0.1, -0.05) is 0 Å². The van der Waals surface area contributed by atoms with Gasteiger partial charge in [0.15, 0.2) is 5.41 Å². The number of hydroxylamine groups is 1. The molecule has 0 aliphatic carbocycles. The maximum absolute atomic E-state index is 10.8. The molecule has 0 saturated carbocycles. The molecule has 0 bridgehead atoms. The van der Waals surface area contributed by atoms with Gasteiger partial charge in [0.05, 0.1) is 13.2 Å². The second-order valence-electron chi connectivity index (χ2n) is 2.94. The molecule has 0 heterocycles. The summed E-state index contributed by atoms with van der Waals surface area (Å²) in [5, 5.41) is 34.7. The van der Waals surface area contributed by atoms with Gasteiger partial charge in [0.1, 0.15) is 6.10 Å². The summed E-state index contributed by atoms with van der Waals surface area (Å²) in [6, 6.07) is 0. The van der Waals surface area contributed by atoms with Crippen LogP contribution in [0.25, 0.3) is 0 Å². The van der Waals surface area contributed by atoms with Gasteiger partial charge in [-0.15, -0.1) is 0 Å². The summed E-state index contributed by atoms with van der Waals surface area (Å²) in [7, 11) is 0. The summed E-state index contributed by atoms with van der Waals surface area (Å²) in [6.07, 6.45) is -2.58. The number of aliphatic hydroxyl groups is 2. The fourth-order valence-corrected chi connectivity index (χ4v) is 0.916. The van der Waals surface area contributed by atoms with Gasteiger partial charge >= 0.3 is 12.1 Å². The van der Waals surface area contributed by atoms with E-state index in [-0.39, 0.29) is 0 Å². The predicted octanol–water partition coefficient (Wildman–Crippen LogP) is -1.45. The lowest BCUT2D eigenvalue weighted by atomic mass is 9.84. The topological polar surface area (TPSA) is 136 Å². The van der Waals surface area contributed by atoms with E-state index in [0.29, 0.717) is 0 Å². The minimum atomic E-state index is -1.99. The largest absolute Gasteiger partial charge is 0.481 e. The average molecular weight is 223 g/mol. The van der Waals surface area contributed by atoms with Crippen LogP contribution < -0.4 is 5.48 Å². The number of aliphatic hydroxyl groups excluding tert-OH is 2. The van der Waals surface area contributed by atoms with Gasteiger partial charge in [-0.2, -0.15) is 0 Å². The lowest BCUT2D eigenvalue weighted by molar-refractivity contribution is -0.164. The highest BCUT2D eigenvalue weighted by atomic mass is 16.6. The van der Waals surface area contributed by atoms with Crippen LogP contribution in [0.2, 0.25) is 0 Å². The number of carboxylic acids is 1. The molecule has 0 rings (SSSR count). The normalized spacial score (nSPS) is 13.1. The zero-order chi connectivity index (χ0) is 12.1. The first-order chi connectivity index (χ1) is 6.94. The molecule has 15 heavy (non-hydrogen) atoms. The van der Waals surface area contributed by atoms with Gasteiger partial charge in [0.2, 0.25) is 0 Å². The maximum Gasteiger partial charge on any atom is 0.431 e. The van der Waals surface area contributed by atoms with E-state index in [0.717, 1.165) is 5.48 Å². The molecule has 8 heteroatoms. The standard InChI is InChI=1S/C7H13NO7/c1-4(15-6(13)8-14)7(2-9,3-10)5(11)12/h4,9-10,14H,2-3H2,1H3,(H,8,13)(H,11,12). The fourth-order valence-electron chi connectivity index (χ4n) is 0.916. The highest BCUT2D eigenvalue weighted by Crippen LogP contribution is 2.24. The molecule has 5 N–H and O–H groups in total. The molecular weight excluding hydrogens is 210 g/mol. The quantitative estimate of drug-likeness (QED) is 0.284. The Hall–Kier alpha value is -1.38. The minimum Gasteiger partial charge on any atom is -0.481 e. The van der Waals surface area contributed by atoms with Crippen LogP contribution in [-0.4, -0.2) is 51.9 Å². The molecule has 0 fully saturated rings. The van der Waals surface area contributed by atoms with Gasteiger partial charge in [-0.25, -0.2) is 10.3 Å². The van der Waals surface area contributed by atoms with E-state index in [1.54, 1.807) is 0 Å². The van der Waals surface area contributed by atoms with E-state index in [1.165, 1.54) is 6.92 Å². The third-order valence-corrected chi connectivity index (χ3v) is 2.14. The van der Waals surface area contributed by atoms with Crippen LogP contribution in [0, 0.1) is 5.41 Å². The summed E-state index contributed by atoms with van der Waals surface area (Å²) < 4.78 is 4.41. The second kappa shape index (κ2) is 5.49. The van der Waals surface area contributed by atoms with E-state index in [1.807, 2.05) is 0 Å². The SMILES string of the molecule is CC(OC(=O)NO)C(CO)(CO)C(=O)O. The number of nitrogens with one attached hydrogen (secondary N) is 1. The second-order valence-corrected chi connectivity index (χ2v) is 2.94. The van der Waals surface area contributed by atoms with Crippen molar-refractivity contribution in [3.8, 4) is 0 Å². The van der Waals surface area contributed by atoms with Crippen LogP contribution >= 0.6 is 0 Å². The Kier molecular flexibility index (Phi) is 4.98. The zero-order valence-corrected chi connectivity index (χ0v) is 8.01. The van der Waals surface area contributed by atoms with Crippen LogP contribution in [-0.2, 0) is 9.53 Å².